The van der Waals surface area contributed by atoms with Gasteiger partial charge in [0.15, 0.2) is 12.2 Å². The highest BCUT2D eigenvalue weighted by Gasteiger charge is 2.35. The fraction of sp³-hybridized carbons (Fsp3) is 0.296. The van der Waals surface area contributed by atoms with Gasteiger partial charge < -0.3 is 25.7 Å². The van der Waals surface area contributed by atoms with Gasteiger partial charge in [-0.25, -0.2) is 0 Å². The molecule has 0 saturated carbocycles. The van der Waals surface area contributed by atoms with E-state index < -0.39 is 24.0 Å². The zero-order valence-electron chi connectivity index (χ0n) is 20.3. The molecule has 0 radical (unpaired) electrons. The predicted octanol–water partition coefficient (Wildman–Crippen LogP) is 3.35. The quantitative estimate of drug-likeness (QED) is 0.333. The van der Waals surface area contributed by atoms with Crippen LogP contribution < -0.4 is 10.6 Å². The Balaban J connectivity index is 1.26. The van der Waals surface area contributed by atoms with Gasteiger partial charge in [-0.15, -0.1) is 11.3 Å². The third kappa shape index (κ3) is 6.17. The molecule has 1 aliphatic heterocycles. The van der Waals surface area contributed by atoms with Crippen molar-refractivity contribution in [2.45, 2.75) is 52.2 Å². The van der Waals surface area contributed by atoms with E-state index in [0.29, 0.717) is 19.6 Å². The number of nitrogens with one attached hydrogen (secondary N) is 2. The van der Waals surface area contributed by atoms with Gasteiger partial charge in [0.2, 0.25) is 0 Å². The van der Waals surface area contributed by atoms with Gasteiger partial charge in [0, 0.05) is 35.1 Å². The number of hydrogen-bond donors (Lipinski definition) is 4. The molecule has 2 heterocycles. The van der Waals surface area contributed by atoms with Crippen molar-refractivity contribution in [3.63, 3.8) is 0 Å². The van der Waals surface area contributed by atoms with Crippen molar-refractivity contribution in [1.29, 1.82) is 0 Å². The van der Waals surface area contributed by atoms with Crippen molar-refractivity contribution < 1.29 is 19.8 Å². The van der Waals surface area contributed by atoms with Crippen LogP contribution in [0.5, 0.6) is 0 Å². The zero-order valence-corrected chi connectivity index (χ0v) is 21.1. The topological polar surface area (TPSA) is 114 Å². The van der Waals surface area contributed by atoms with Gasteiger partial charge in [-0.3, -0.25) is 14.6 Å². The molecule has 1 aliphatic rings. The summed E-state index contributed by atoms with van der Waals surface area (Å²) in [5, 5.41) is 26.6. The maximum absolute atomic E-state index is 12.6. The summed E-state index contributed by atoms with van der Waals surface area (Å²) >= 11 is 1.52. The van der Waals surface area contributed by atoms with E-state index in [1.165, 1.54) is 16.2 Å². The van der Waals surface area contributed by atoms with Crippen LogP contribution in [-0.4, -0.2) is 44.8 Å². The second kappa shape index (κ2) is 11.5. The summed E-state index contributed by atoms with van der Waals surface area (Å²) in [5.74, 6) is -1.46. The van der Waals surface area contributed by atoms with E-state index in [-0.39, 0.29) is 6.54 Å². The molecule has 9 heteroatoms. The summed E-state index contributed by atoms with van der Waals surface area (Å²) in [6.07, 6.45) is -3.67. The molecule has 2 atom stereocenters. The Hall–Kier alpha value is -3.53. The molecule has 188 valence electrons. The first-order chi connectivity index (χ1) is 17.3. The van der Waals surface area contributed by atoms with Crippen molar-refractivity contribution in [3.05, 3.63) is 81.5 Å². The number of para-hydroxylation sites is 2. The summed E-state index contributed by atoms with van der Waals surface area (Å²) in [6.45, 7) is 5.39. The molecule has 2 aromatic carbocycles. The molecule has 1 aromatic heterocycles. The predicted molar refractivity (Wildman–Crippen MR) is 141 cm³/mol. The zero-order chi connectivity index (χ0) is 25.7. The van der Waals surface area contributed by atoms with Crippen LogP contribution in [0.25, 0.3) is 0 Å². The van der Waals surface area contributed by atoms with Crippen LogP contribution in [-0.2, 0) is 35.8 Å². The normalized spacial score (nSPS) is 14.1. The summed E-state index contributed by atoms with van der Waals surface area (Å²) in [6, 6.07) is 19.3. The molecule has 2 amide bonds. The number of amides is 2. The Kier molecular flexibility index (Phi) is 8.14. The number of fused-ring (bicyclic) bond motifs is 1. The molecule has 0 bridgehead atoms. The first-order valence-corrected chi connectivity index (χ1v) is 12.6. The number of hydrogen-bond acceptors (Lipinski definition) is 7. The maximum atomic E-state index is 12.6. The number of rotatable bonds is 9. The molecule has 0 spiro atoms. The summed E-state index contributed by atoms with van der Waals surface area (Å²) in [7, 11) is 0. The molecule has 0 unspecified atom stereocenters. The second-order valence-electron chi connectivity index (χ2n) is 8.87. The average Bonchev–Trinajstić information content (AvgIpc) is 3.52. The molecule has 4 rings (SSSR count). The minimum absolute atomic E-state index is 0.187. The Morgan fingerprint density at radius 3 is 2.19 bits per heavy atom. The molecule has 3 aromatic rings. The fourth-order valence-electron chi connectivity index (χ4n) is 3.99. The van der Waals surface area contributed by atoms with Crippen molar-refractivity contribution in [3.8, 4) is 0 Å². The number of aliphatic hydroxyl groups excluding tert-OH is 2. The van der Waals surface area contributed by atoms with Crippen LogP contribution in [0.3, 0.4) is 0 Å². The number of carbonyl (C=O) groups is 2. The van der Waals surface area contributed by atoms with Crippen LogP contribution in [0.2, 0.25) is 0 Å². The van der Waals surface area contributed by atoms with E-state index in [0.717, 1.165) is 38.0 Å². The highest BCUT2D eigenvalue weighted by molar-refractivity contribution is 7.12. The van der Waals surface area contributed by atoms with Crippen LogP contribution in [0.1, 0.15) is 34.7 Å². The first kappa shape index (κ1) is 25.6. The standard InChI is InChI=1S/C27H30N4O4S/c1-17(2)30-23-10-6-5-9-22(23)28-13-20-11-12-21(36-20)14-29-26(34)24(32)25(33)27(35)31-15-18-7-3-4-8-19(18)16-31/h3-12,24-25,28,32-33H,13-16H2,1-2H3,(H,29,34)/t24-,25-/m1/s1. The van der Waals surface area contributed by atoms with Crippen LogP contribution in [0.4, 0.5) is 11.4 Å². The Morgan fingerprint density at radius 2 is 1.53 bits per heavy atom. The molecular formula is C27H30N4O4S. The number of anilines is 1. The lowest BCUT2D eigenvalue weighted by Gasteiger charge is -2.22. The highest BCUT2D eigenvalue weighted by Crippen LogP contribution is 2.26. The Morgan fingerprint density at radius 1 is 0.917 bits per heavy atom. The molecule has 0 aliphatic carbocycles. The van der Waals surface area contributed by atoms with Crippen molar-refractivity contribution in [2.75, 3.05) is 5.32 Å². The molecule has 8 nitrogen and oxygen atoms in total. The van der Waals surface area contributed by atoms with E-state index in [1.807, 2.05) is 74.5 Å². The minimum atomic E-state index is -1.85. The van der Waals surface area contributed by atoms with Gasteiger partial charge in [0.1, 0.15) is 0 Å². The molecule has 0 fully saturated rings. The molecular weight excluding hydrogens is 476 g/mol. The smallest absolute Gasteiger partial charge is 0.255 e. The van der Waals surface area contributed by atoms with E-state index in [2.05, 4.69) is 15.6 Å². The Bertz CT molecular complexity index is 1240. The van der Waals surface area contributed by atoms with E-state index >= 15 is 0 Å². The van der Waals surface area contributed by atoms with Crippen molar-refractivity contribution >= 4 is 40.2 Å². The van der Waals surface area contributed by atoms with Crippen LogP contribution >= 0.6 is 11.3 Å². The summed E-state index contributed by atoms with van der Waals surface area (Å²) in [4.78, 5) is 33.0. The number of thiophene rings is 1. The summed E-state index contributed by atoms with van der Waals surface area (Å²) in [5.41, 5.74) is 4.78. The lowest BCUT2D eigenvalue weighted by atomic mass is 10.1. The average molecular weight is 507 g/mol. The lowest BCUT2D eigenvalue weighted by Crippen LogP contribution is -2.49. The fourth-order valence-corrected chi connectivity index (χ4v) is 4.89. The van der Waals surface area contributed by atoms with Crippen LogP contribution in [0, 0.1) is 0 Å². The van der Waals surface area contributed by atoms with E-state index in [9.17, 15) is 19.8 Å². The first-order valence-electron chi connectivity index (χ1n) is 11.7. The number of nitrogens with zero attached hydrogens (tertiary/aromatic N) is 2. The van der Waals surface area contributed by atoms with Gasteiger partial charge in [-0.2, -0.15) is 0 Å². The molecule has 0 saturated heterocycles. The van der Waals surface area contributed by atoms with Crippen LogP contribution in [0.15, 0.2) is 65.7 Å². The SMILES string of the molecule is CC(C)=Nc1ccccc1NCc1ccc(CNC(=O)[C@H](O)[C@@H](O)C(=O)N2Cc3ccccc3C2)s1. The van der Waals surface area contributed by atoms with E-state index in [1.54, 1.807) is 0 Å². The number of benzene rings is 2. The third-order valence-electron chi connectivity index (χ3n) is 5.83. The maximum Gasteiger partial charge on any atom is 0.255 e. The second-order valence-corrected chi connectivity index (χ2v) is 10.1. The minimum Gasteiger partial charge on any atom is -0.380 e. The number of aliphatic hydroxyl groups is 2. The number of carbonyl (C=O) groups excluding carboxylic acids is 2. The Labute approximate surface area is 214 Å². The van der Waals surface area contributed by atoms with Crippen molar-refractivity contribution in [2.24, 2.45) is 4.99 Å². The monoisotopic (exact) mass is 506 g/mol. The molecule has 36 heavy (non-hydrogen) atoms. The van der Waals surface area contributed by atoms with Gasteiger partial charge in [0.05, 0.1) is 17.9 Å². The largest absolute Gasteiger partial charge is 0.380 e. The van der Waals surface area contributed by atoms with Gasteiger partial charge in [0.25, 0.3) is 11.8 Å². The molecule has 4 N–H and O–H groups in total. The summed E-state index contributed by atoms with van der Waals surface area (Å²) < 4.78 is 0. The van der Waals surface area contributed by atoms with Gasteiger partial charge in [-0.1, -0.05) is 36.4 Å². The number of aliphatic imine (C=N–C) groups is 1. The van der Waals surface area contributed by atoms with Gasteiger partial charge in [-0.05, 0) is 49.2 Å². The lowest BCUT2D eigenvalue weighted by molar-refractivity contribution is -0.153. The van der Waals surface area contributed by atoms with E-state index in [4.69, 9.17) is 0 Å². The van der Waals surface area contributed by atoms with Gasteiger partial charge >= 0.3 is 0 Å². The highest BCUT2D eigenvalue weighted by atomic mass is 32.1. The van der Waals surface area contributed by atoms with Crippen molar-refractivity contribution in [1.82, 2.24) is 10.2 Å². The third-order valence-corrected chi connectivity index (χ3v) is 6.91.